The predicted octanol–water partition coefficient (Wildman–Crippen LogP) is 2.08. The van der Waals surface area contributed by atoms with Gasteiger partial charge < -0.3 is 9.64 Å². The van der Waals surface area contributed by atoms with E-state index in [0.717, 1.165) is 17.0 Å². The molecule has 3 N–H and O–H groups in total. The van der Waals surface area contributed by atoms with E-state index in [0.29, 0.717) is 0 Å². The zero-order chi connectivity index (χ0) is 15.8. The summed E-state index contributed by atoms with van der Waals surface area (Å²) in [7, 11) is 1.64. The number of hydrogen-bond donors (Lipinski definition) is 2. The van der Waals surface area contributed by atoms with Crippen LogP contribution < -0.4 is 20.9 Å². The number of anilines is 1. The van der Waals surface area contributed by atoms with Crippen molar-refractivity contribution in [2.45, 2.75) is 39.3 Å². The molecular weight excluding hydrogens is 266 g/mol. The molecule has 1 heterocycles. The fourth-order valence-corrected chi connectivity index (χ4v) is 3.10. The third-order valence-corrected chi connectivity index (χ3v) is 3.99. The number of methoxy groups -OCH3 is 1. The van der Waals surface area contributed by atoms with Gasteiger partial charge in [0.2, 0.25) is 0 Å². The van der Waals surface area contributed by atoms with Gasteiger partial charge in [0, 0.05) is 17.3 Å². The number of rotatable bonds is 3. The van der Waals surface area contributed by atoms with Crippen LogP contribution in [-0.2, 0) is 4.79 Å². The number of benzene rings is 1. The molecule has 0 radical (unpaired) electrons. The maximum Gasteiger partial charge on any atom is 0.256 e. The molecule has 1 aliphatic rings. The summed E-state index contributed by atoms with van der Waals surface area (Å²) in [5.41, 5.74) is 5.22. The molecule has 0 saturated carbocycles. The van der Waals surface area contributed by atoms with E-state index in [1.165, 1.54) is 5.57 Å². The van der Waals surface area contributed by atoms with Crippen LogP contribution in [0.25, 0.3) is 5.57 Å². The first-order valence-corrected chi connectivity index (χ1v) is 6.99. The van der Waals surface area contributed by atoms with E-state index in [1.807, 2.05) is 25.1 Å². The quantitative estimate of drug-likeness (QED) is 0.508. The molecule has 1 aromatic rings. The summed E-state index contributed by atoms with van der Waals surface area (Å²) >= 11 is 0. The van der Waals surface area contributed by atoms with E-state index in [9.17, 15) is 4.79 Å². The van der Waals surface area contributed by atoms with Gasteiger partial charge in [-0.15, -0.1) is 0 Å². The first-order valence-electron chi connectivity index (χ1n) is 6.99. The highest BCUT2D eigenvalue weighted by molar-refractivity contribution is 5.89. The van der Waals surface area contributed by atoms with E-state index in [-0.39, 0.29) is 17.5 Å². The lowest BCUT2D eigenvalue weighted by Crippen LogP contribution is -2.56. The van der Waals surface area contributed by atoms with Gasteiger partial charge >= 0.3 is 0 Å². The Labute approximate surface area is 125 Å². The minimum Gasteiger partial charge on any atom is -0.497 e. The fourth-order valence-electron chi connectivity index (χ4n) is 3.10. The predicted molar refractivity (Wildman–Crippen MR) is 85.0 cm³/mol. The van der Waals surface area contributed by atoms with E-state index in [1.54, 1.807) is 7.11 Å². The first kappa shape index (κ1) is 15.4. The van der Waals surface area contributed by atoms with E-state index >= 15 is 0 Å². The van der Waals surface area contributed by atoms with Crippen LogP contribution in [0.15, 0.2) is 24.3 Å². The Bertz CT molecular complexity index is 593. The van der Waals surface area contributed by atoms with Crippen molar-refractivity contribution in [1.29, 1.82) is 0 Å². The number of nitrogens with one attached hydrogen (secondary N) is 1. The summed E-state index contributed by atoms with van der Waals surface area (Å²) in [4.78, 5) is 14.1. The molecule has 0 aromatic heterocycles. The number of fused-ring (bicyclic) bond motifs is 1. The van der Waals surface area contributed by atoms with Crippen molar-refractivity contribution in [3.63, 3.8) is 0 Å². The molecule has 0 fully saturated rings. The number of amides is 1. The van der Waals surface area contributed by atoms with E-state index in [2.05, 4.69) is 37.2 Å². The average molecular weight is 289 g/mol. The third-order valence-electron chi connectivity index (χ3n) is 3.99. The fraction of sp³-hybridized carbons (Fsp3) is 0.438. The van der Waals surface area contributed by atoms with Crippen molar-refractivity contribution in [2.75, 3.05) is 12.0 Å². The van der Waals surface area contributed by atoms with Crippen molar-refractivity contribution in [1.82, 2.24) is 5.43 Å². The zero-order valence-electron chi connectivity index (χ0n) is 13.2. The lowest BCUT2D eigenvalue weighted by Gasteiger charge is -2.46. The molecule has 5 heteroatoms. The summed E-state index contributed by atoms with van der Waals surface area (Å²) < 4.78 is 5.33. The van der Waals surface area contributed by atoms with Gasteiger partial charge in [-0.05, 0) is 45.4 Å². The standard InChI is InChI=1S/C16H23N3O2/c1-10-9-16(3,4)19(11(2)15(20)18-17)14-8-12(21-5)6-7-13(10)14/h6-9,11H,17H2,1-5H3,(H,18,20)/t11-/m0/s1. The number of hydrazine groups is 1. The van der Waals surface area contributed by atoms with Gasteiger partial charge in [-0.3, -0.25) is 10.2 Å². The SMILES string of the molecule is COc1ccc2c(c1)N([C@@H](C)C(=O)NN)C(C)(C)C=C2C. The largest absolute Gasteiger partial charge is 0.497 e. The Kier molecular flexibility index (Phi) is 3.96. The Hall–Kier alpha value is -2.01. The van der Waals surface area contributed by atoms with Crippen LogP contribution >= 0.6 is 0 Å². The normalized spacial score (nSPS) is 17.6. The van der Waals surface area contributed by atoms with Gasteiger partial charge in [0.05, 0.1) is 12.6 Å². The maximum absolute atomic E-state index is 12.0. The van der Waals surface area contributed by atoms with Gasteiger partial charge in [0.1, 0.15) is 11.8 Å². The lowest BCUT2D eigenvalue weighted by molar-refractivity contribution is -0.122. The van der Waals surface area contributed by atoms with Crippen LogP contribution in [0, 0.1) is 0 Å². The van der Waals surface area contributed by atoms with Gasteiger partial charge in [-0.25, -0.2) is 5.84 Å². The minimum absolute atomic E-state index is 0.218. The zero-order valence-corrected chi connectivity index (χ0v) is 13.2. The molecule has 2 rings (SSSR count). The van der Waals surface area contributed by atoms with Crippen LogP contribution in [-0.4, -0.2) is 24.6 Å². The summed E-state index contributed by atoms with van der Waals surface area (Å²) in [6.45, 7) is 8.10. The first-order chi connectivity index (χ1) is 9.81. The Balaban J connectivity index is 2.61. The summed E-state index contributed by atoms with van der Waals surface area (Å²) in [5.74, 6) is 5.86. The lowest BCUT2D eigenvalue weighted by atomic mass is 9.87. The highest BCUT2D eigenvalue weighted by Crippen LogP contribution is 2.41. The average Bonchev–Trinajstić information content (AvgIpc) is 2.44. The van der Waals surface area contributed by atoms with Crippen LogP contribution in [0.2, 0.25) is 0 Å². The van der Waals surface area contributed by atoms with Gasteiger partial charge in [0.25, 0.3) is 5.91 Å². The molecule has 1 amide bonds. The summed E-state index contributed by atoms with van der Waals surface area (Å²) in [6.07, 6.45) is 2.17. The highest BCUT2D eigenvalue weighted by atomic mass is 16.5. The molecule has 1 aliphatic heterocycles. The van der Waals surface area contributed by atoms with Gasteiger partial charge in [-0.1, -0.05) is 6.08 Å². The number of allylic oxidation sites excluding steroid dienone is 1. The molecular formula is C16H23N3O2. The monoisotopic (exact) mass is 289 g/mol. The van der Waals surface area contributed by atoms with Crippen LogP contribution in [0.1, 0.15) is 33.3 Å². The minimum atomic E-state index is -0.389. The molecule has 1 aromatic carbocycles. The molecule has 0 spiro atoms. The van der Waals surface area contributed by atoms with Crippen molar-refractivity contribution < 1.29 is 9.53 Å². The van der Waals surface area contributed by atoms with Crippen LogP contribution in [0.5, 0.6) is 5.75 Å². The Morgan fingerprint density at radius 1 is 1.43 bits per heavy atom. The van der Waals surface area contributed by atoms with Crippen molar-refractivity contribution >= 4 is 17.2 Å². The molecule has 1 atom stereocenters. The number of nitrogens with zero attached hydrogens (tertiary/aromatic N) is 1. The molecule has 0 saturated heterocycles. The van der Waals surface area contributed by atoms with Crippen molar-refractivity contribution in [3.05, 3.63) is 29.8 Å². The van der Waals surface area contributed by atoms with E-state index in [4.69, 9.17) is 10.6 Å². The van der Waals surface area contributed by atoms with Gasteiger partial charge in [-0.2, -0.15) is 0 Å². The van der Waals surface area contributed by atoms with Gasteiger partial charge in [0.15, 0.2) is 0 Å². The second-order valence-electron chi connectivity index (χ2n) is 5.92. The number of ether oxygens (including phenoxy) is 1. The Morgan fingerprint density at radius 3 is 2.67 bits per heavy atom. The second kappa shape index (κ2) is 5.41. The van der Waals surface area contributed by atoms with E-state index < -0.39 is 0 Å². The number of carbonyl (C=O) groups excluding carboxylic acids is 1. The Morgan fingerprint density at radius 2 is 2.10 bits per heavy atom. The van der Waals surface area contributed by atoms with Crippen LogP contribution in [0.4, 0.5) is 5.69 Å². The van der Waals surface area contributed by atoms with Crippen molar-refractivity contribution in [2.24, 2.45) is 5.84 Å². The van der Waals surface area contributed by atoms with Crippen molar-refractivity contribution in [3.8, 4) is 5.75 Å². The number of carbonyl (C=O) groups is 1. The second-order valence-corrected chi connectivity index (χ2v) is 5.92. The molecule has 0 unspecified atom stereocenters. The van der Waals surface area contributed by atoms with Crippen LogP contribution in [0.3, 0.4) is 0 Å². The molecule has 0 aliphatic carbocycles. The summed E-state index contributed by atoms with van der Waals surface area (Å²) in [6, 6.07) is 5.53. The number of hydrogen-bond acceptors (Lipinski definition) is 4. The molecule has 0 bridgehead atoms. The molecule has 114 valence electrons. The number of nitrogens with two attached hydrogens (primary N) is 1. The smallest absolute Gasteiger partial charge is 0.256 e. The maximum atomic E-state index is 12.0. The third kappa shape index (κ3) is 2.61. The molecule has 21 heavy (non-hydrogen) atoms. The summed E-state index contributed by atoms with van der Waals surface area (Å²) in [5, 5.41) is 0. The molecule has 5 nitrogen and oxygen atoms in total. The highest BCUT2D eigenvalue weighted by Gasteiger charge is 2.37. The topological polar surface area (TPSA) is 67.6 Å².